The van der Waals surface area contributed by atoms with Crippen LogP contribution in [0, 0.1) is 13.8 Å². The minimum atomic E-state index is 0.338. The van der Waals surface area contributed by atoms with E-state index in [0.29, 0.717) is 11.7 Å². The smallest absolute Gasteiger partial charge is 0.137 e. The van der Waals surface area contributed by atoms with Crippen molar-refractivity contribution in [2.75, 3.05) is 13.2 Å². The summed E-state index contributed by atoms with van der Waals surface area (Å²) in [5.41, 5.74) is 2.90. The molecule has 0 bridgehead atoms. The normalized spacial score (nSPS) is 18.0. The highest BCUT2D eigenvalue weighted by Gasteiger charge is 2.20. The van der Waals surface area contributed by atoms with E-state index in [1.54, 1.807) is 0 Å². The monoisotopic (exact) mass is 207 g/mol. The van der Waals surface area contributed by atoms with E-state index in [-0.39, 0.29) is 0 Å². The molecular formula is C12H17NO2. The van der Waals surface area contributed by atoms with E-state index in [2.05, 4.69) is 4.98 Å². The van der Waals surface area contributed by atoms with Crippen molar-refractivity contribution in [1.82, 2.24) is 4.98 Å². The van der Waals surface area contributed by atoms with Crippen molar-refractivity contribution in [3.63, 3.8) is 0 Å². The van der Waals surface area contributed by atoms with E-state index in [0.717, 1.165) is 43.0 Å². The zero-order valence-corrected chi connectivity index (χ0v) is 9.29. The summed E-state index contributed by atoms with van der Waals surface area (Å²) in [4.78, 5) is 4.49. The number of rotatable bonds is 1. The fraction of sp³-hybridized carbons (Fsp3) is 0.583. The lowest BCUT2D eigenvalue weighted by Gasteiger charge is -2.22. The Hall–Kier alpha value is -1.09. The Labute approximate surface area is 90.1 Å². The van der Waals surface area contributed by atoms with E-state index in [1.807, 2.05) is 19.9 Å². The maximum atomic E-state index is 9.86. The van der Waals surface area contributed by atoms with Crippen molar-refractivity contribution in [2.45, 2.75) is 32.6 Å². The first-order valence-electron chi connectivity index (χ1n) is 5.43. The summed E-state index contributed by atoms with van der Waals surface area (Å²) in [7, 11) is 0. The SMILES string of the molecule is Cc1cc(O)c(C2CCOCC2)nc1C. The van der Waals surface area contributed by atoms with Crippen LogP contribution in [0.1, 0.15) is 35.7 Å². The molecule has 82 valence electrons. The van der Waals surface area contributed by atoms with Gasteiger partial charge < -0.3 is 9.84 Å². The van der Waals surface area contributed by atoms with Gasteiger partial charge in [0.1, 0.15) is 5.75 Å². The van der Waals surface area contributed by atoms with Crippen LogP contribution in [0.5, 0.6) is 5.75 Å². The summed E-state index contributed by atoms with van der Waals surface area (Å²) < 4.78 is 5.31. The van der Waals surface area contributed by atoms with Crippen molar-refractivity contribution in [3.8, 4) is 5.75 Å². The first-order valence-corrected chi connectivity index (χ1v) is 5.43. The van der Waals surface area contributed by atoms with Crippen molar-refractivity contribution >= 4 is 0 Å². The predicted molar refractivity (Wildman–Crippen MR) is 58.2 cm³/mol. The van der Waals surface area contributed by atoms with Crippen LogP contribution >= 0.6 is 0 Å². The highest BCUT2D eigenvalue weighted by Crippen LogP contribution is 2.32. The summed E-state index contributed by atoms with van der Waals surface area (Å²) in [6.45, 7) is 5.50. The fourth-order valence-electron chi connectivity index (χ4n) is 1.98. The molecule has 0 aliphatic carbocycles. The van der Waals surface area contributed by atoms with Crippen LogP contribution in [0.25, 0.3) is 0 Å². The molecule has 0 unspecified atom stereocenters. The highest BCUT2D eigenvalue weighted by atomic mass is 16.5. The molecule has 1 aromatic heterocycles. The van der Waals surface area contributed by atoms with Gasteiger partial charge in [0.2, 0.25) is 0 Å². The molecule has 15 heavy (non-hydrogen) atoms. The lowest BCUT2D eigenvalue weighted by molar-refractivity contribution is 0.0839. The van der Waals surface area contributed by atoms with E-state index < -0.39 is 0 Å². The Morgan fingerprint density at radius 1 is 1.33 bits per heavy atom. The van der Waals surface area contributed by atoms with Gasteiger partial charge in [-0.05, 0) is 38.3 Å². The van der Waals surface area contributed by atoms with Crippen molar-refractivity contribution < 1.29 is 9.84 Å². The molecule has 0 radical (unpaired) electrons. The minimum Gasteiger partial charge on any atom is -0.506 e. The molecule has 3 heteroatoms. The molecule has 0 spiro atoms. The zero-order valence-electron chi connectivity index (χ0n) is 9.29. The van der Waals surface area contributed by atoms with Gasteiger partial charge in [0.05, 0.1) is 5.69 Å². The van der Waals surface area contributed by atoms with Gasteiger partial charge in [0, 0.05) is 24.8 Å². The first kappa shape index (κ1) is 10.4. The molecule has 1 aliphatic heterocycles. The third-order valence-electron chi connectivity index (χ3n) is 3.08. The van der Waals surface area contributed by atoms with Crippen molar-refractivity contribution in [1.29, 1.82) is 0 Å². The number of aromatic nitrogens is 1. The standard InChI is InChI=1S/C12H17NO2/c1-8-7-11(14)12(13-9(8)2)10-3-5-15-6-4-10/h7,10,14H,3-6H2,1-2H3. The number of hydrogen-bond acceptors (Lipinski definition) is 3. The number of nitrogens with zero attached hydrogens (tertiary/aromatic N) is 1. The van der Waals surface area contributed by atoms with Crippen LogP contribution < -0.4 is 0 Å². The molecule has 0 atom stereocenters. The Balaban J connectivity index is 2.30. The predicted octanol–water partition coefficient (Wildman–Crippen LogP) is 2.30. The third-order valence-corrected chi connectivity index (χ3v) is 3.08. The Morgan fingerprint density at radius 2 is 2.00 bits per heavy atom. The first-order chi connectivity index (χ1) is 7.18. The number of aryl methyl sites for hydroxylation is 2. The second-order valence-corrected chi connectivity index (χ2v) is 4.18. The summed E-state index contributed by atoms with van der Waals surface area (Å²) in [6, 6.07) is 1.81. The second kappa shape index (κ2) is 4.19. The average Bonchev–Trinajstić information content (AvgIpc) is 2.25. The Morgan fingerprint density at radius 3 is 2.67 bits per heavy atom. The lowest BCUT2D eigenvalue weighted by Crippen LogP contribution is -2.15. The van der Waals surface area contributed by atoms with Crippen LogP contribution in [0.3, 0.4) is 0 Å². The van der Waals surface area contributed by atoms with Gasteiger partial charge >= 0.3 is 0 Å². The molecule has 2 rings (SSSR count). The lowest BCUT2D eigenvalue weighted by atomic mass is 9.94. The summed E-state index contributed by atoms with van der Waals surface area (Å²) in [6.07, 6.45) is 1.92. The number of pyridine rings is 1. The number of aromatic hydroxyl groups is 1. The summed E-state index contributed by atoms with van der Waals surface area (Å²) >= 11 is 0. The third kappa shape index (κ3) is 2.12. The van der Waals surface area contributed by atoms with Gasteiger partial charge in [-0.25, -0.2) is 0 Å². The summed E-state index contributed by atoms with van der Waals surface area (Å²) in [5, 5.41) is 9.86. The highest BCUT2D eigenvalue weighted by molar-refractivity contribution is 5.35. The molecule has 1 fully saturated rings. The molecule has 1 aromatic rings. The topological polar surface area (TPSA) is 42.4 Å². The maximum Gasteiger partial charge on any atom is 0.137 e. The molecular weight excluding hydrogens is 190 g/mol. The van der Waals surface area contributed by atoms with Gasteiger partial charge in [-0.1, -0.05) is 0 Å². The number of hydrogen-bond donors (Lipinski definition) is 1. The second-order valence-electron chi connectivity index (χ2n) is 4.18. The maximum absolute atomic E-state index is 9.86. The zero-order chi connectivity index (χ0) is 10.8. The van der Waals surface area contributed by atoms with Crippen molar-refractivity contribution in [3.05, 3.63) is 23.0 Å². The molecule has 0 amide bonds. The van der Waals surface area contributed by atoms with Gasteiger partial charge in [0.25, 0.3) is 0 Å². The largest absolute Gasteiger partial charge is 0.506 e. The van der Waals surface area contributed by atoms with E-state index in [4.69, 9.17) is 4.74 Å². The van der Waals surface area contributed by atoms with Gasteiger partial charge in [0.15, 0.2) is 0 Å². The Bertz CT molecular complexity index is 357. The quantitative estimate of drug-likeness (QED) is 0.768. The van der Waals surface area contributed by atoms with E-state index in [9.17, 15) is 5.11 Å². The van der Waals surface area contributed by atoms with Gasteiger partial charge in [-0.2, -0.15) is 0 Å². The van der Waals surface area contributed by atoms with Gasteiger partial charge in [-0.15, -0.1) is 0 Å². The number of ether oxygens (including phenoxy) is 1. The molecule has 3 nitrogen and oxygen atoms in total. The molecule has 1 aliphatic rings. The van der Waals surface area contributed by atoms with E-state index >= 15 is 0 Å². The van der Waals surface area contributed by atoms with Crippen LogP contribution in [0.15, 0.2) is 6.07 Å². The average molecular weight is 207 g/mol. The molecule has 1 N–H and O–H groups in total. The fourth-order valence-corrected chi connectivity index (χ4v) is 1.98. The van der Waals surface area contributed by atoms with E-state index in [1.165, 1.54) is 0 Å². The van der Waals surface area contributed by atoms with Gasteiger partial charge in [-0.3, -0.25) is 4.98 Å². The Kier molecular flexibility index (Phi) is 2.91. The van der Waals surface area contributed by atoms with Crippen LogP contribution in [0.4, 0.5) is 0 Å². The molecule has 0 saturated carbocycles. The molecule has 0 aromatic carbocycles. The minimum absolute atomic E-state index is 0.338. The molecule has 2 heterocycles. The van der Waals surface area contributed by atoms with Crippen LogP contribution in [-0.2, 0) is 4.74 Å². The van der Waals surface area contributed by atoms with Crippen LogP contribution in [-0.4, -0.2) is 23.3 Å². The van der Waals surface area contributed by atoms with Crippen molar-refractivity contribution in [2.24, 2.45) is 0 Å². The van der Waals surface area contributed by atoms with Crippen LogP contribution in [0.2, 0.25) is 0 Å². The molecule has 1 saturated heterocycles. The summed E-state index contributed by atoms with van der Waals surface area (Å²) in [5.74, 6) is 0.697.